The first-order valence-corrected chi connectivity index (χ1v) is 6.24. The van der Waals surface area contributed by atoms with E-state index in [0.29, 0.717) is 0 Å². The van der Waals surface area contributed by atoms with Crippen LogP contribution in [0.2, 0.25) is 0 Å². The molecule has 1 atom stereocenters. The van der Waals surface area contributed by atoms with Crippen molar-refractivity contribution in [3.8, 4) is 5.75 Å². The first-order chi connectivity index (χ1) is 10.0. The second-order valence-corrected chi connectivity index (χ2v) is 4.10. The second kappa shape index (κ2) is 8.37. The van der Waals surface area contributed by atoms with E-state index in [9.17, 15) is 20.3 Å². The number of anilines is 1. The topological polar surface area (TPSA) is 145 Å². The van der Waals surface area contributed by atoms with Gasteiger partial charge in [-0.15, -0.1) is 0 Å². The van der Waals surface area contributed by atoms with Gasteiger partial charge in [0.1, 0.15) is 11.9 Å². The Morgan fingerprint density at radius 3 is 2.52 bits per heavy atom. The molecule has 21 heavy (non-hydrogen) atoms. The first kappa shape index (κ1) is 17.1. The Morgan fingerprint density at radius 2 is 2.00 bits per heavy atom. The van der Waals surface area contributed by atoms with Crippen LogP contribution >= 0.6 is 0 Å². The predicted molar refractivity (Wildman–Crippen MR) is 73.2 cm³/mol. The monoisotopic (exact) mass is 302 g/mol. The molecule has 0 radical (unpaired) electrons. The molecular formula is C12H18N2O7. The number of phenols is 1. The Morgan fingerprint density at radius 1 is 1.29 bits per heavy atom. The van der Waals surface area contributed by atoms with Crippen molar-refractivity contribution in [1.82, 2.24) is 0 Å². The quantitative estimate of drug-likeness (QED) is 0.238. The number of nitrogens with one attached hydrogen (secondary N) is 1. The number of aliphatic hydroxyl groups excluding tert-OH is 3. The zero-order chi connectivity index (χ0) is 15.8. The third kappa shape index (κ3) is 4.53. The van der Waals surface area contributed by atoms with Crippen LogP contribution in [0.5, 0.6) is 5.75 Å². The molecule has 0 saturated carbocycles. The van der Waals surface area contributed by atoms with Gasteiger partial charge < -0.3 is 30.5 Å². The fraction of sp³-hybridized carbons (Fsp3) is 0.500. The van der Waals surface area contributed by atoms with Gasteiger partial charge in [-0.1, -0.05) is 0 Å². The number of hydrogen-bond acceptors (Lipinski definition) is 8. The molecule has 0 spiro atoms. The Hall–Kier alpha value is -1.94. The number of rotatable bonds is 9. The first-order valence-electron chi connectivity index (χ1n) is 6.24. The van der Waals surface area contributed by atoms with Crippen LogP contribution in [0.3, 0.4) is 0 Å². The lowest BCUT2D eigenvalue weighted by Crippen LogP contribution is -2.16. The van der Waals surface area contributed by atoms with Gasteiger partial charge in [0, 0.05) is 18.2 Å². The molecule has 0 saturated heterocycles. The van der Waals surface area contributed by atoms with Gasteiger partial charge in [0.25, 0.3) is 5.69 Å². The number of hydrogen-bond donors (Lipinski definition) is 5. The van der Waals surface area contributed by atoms with Crippen LogP contribution in [0.4, 0.5) is 11.4 Å². The summed E-state index contributed by atoms with van der Waals surface area (Å²) >= 11 is 0. The smallest absolute Gasteiger partial charge is 0.273 e. The maximum atomic E-state index is 10.8. The van der Waals surface area contributed by atoms with Gasteiger partial charge in [0.15, 0.2) is 0 Å². The number of ether oxygens (including phenoxy) is 1. The van der Waals surface area contributed by atoms with E-state index in [1.54, 1.807) is 0 Å². The molecule has 0 fully saturated rings. The lowest BCUT2D eigenvalue weighted by molar-refractivity contribution is -0.385. The van der Waals surface area contributed by atoms with Crippen LogP contribution in [0, 0.1) is 10.1 Å². The molecule has 1 aromatic rings. The zero-order valence-electron chi connectivity index (χ0n) is 11.2. The minimum absolute atomic E-state index is 0.0753. The lowest BCUT2D eigenvalue weighted by atomic mass is 10.0. The van der Waals surface area contributed by atoms with Gasteiger partial charge in [-0.25, -0.2) is 0 Å². The summed E-state index contributed by atoms with van der Waals surface area (Å²) < 4.78 is 5.20. The van der Waals surface area contributed by atoms with Crippen LogP contribution in [-0.2, 0) is 4.74 Å². The maximum absolute atomic E-state index is 10.8. The average Bonchev–Trinajstić information content (AvgIpc) is 2.46. The summed E-state index contributed by atoms with van der Waals surface area (Å²) in [4.78, 5) is 10.2. The third-order valence-electron chi connectivity index (χ3n) is 2.68. The molecule has 1 rings (SSSR count). The van der Waals surface area contributed by atoms with Crippen LogP contribution in [0.25, 0.3) is 0 Å². The maximum Gasteiger partial charge on any atom is 0.273 e. The van der Waals surface area contributed by atoms with Gasteiger partial charge in [-0.05, 0) is 0 Å². The van der Waals surface area contributed by atoms with Crippen molar-refractivity contribution in [2.75, 3.05) is 38.3 Å². The predicted octanol–water partition coefficient (Wildman–Crippen LogP) is -0.253. The molecule has 1 aromatic carbocycles. The van der Waals surface area contributed by atoms with Crippen molar-refractivity contribution in [3.63, 3.8) is 0 Å². The molecule has 118 valence electrons. The van der Waals surface area contributed by atoms with Crippen molar-refractivity contribution in [2.45, 2.75) is 6.10 Å². The number of phenolic OH excluding ortho intramolecular Hbond substituents is 1. The molecule has 9 nitrogen and oxygen atoms in total. The van der Waals surface area contributed by atoms with E-state index in [2.05, 4.69) is 5.32 Å². The van der Waals surface area contributed by atoms with Gasteiger partial charge in [0.2, 0.25) is 0 Å². The van der Waals surface area contributed by atoms with E-state index >= 15 is 0 Å². The number of aromatic hydroxyl groups is 1. The molecule has 9 heteroatoms. The van der Waals surface area contributed by atoms with E-state index in [1.807, 2.05) is 0 Å². The molecule has 0 aliphatic heterocycles. The summed E-state index contributed by atoms with van der Waals surface area (Å²) in [6, 6.07) is 2.13. The summed E-state index contributed by atoms with van der Waals surface area (Å²) in [5.41, 5.74) is -0.0548. The van der Waals surface area contributed by atoms with Crippen LogP contribution in [-0.4, -0.2) is 58.3 Å². The summed E-state index contributed by atoms with van der Waals surface area (Å²) in [5, 5.41) is 50.4. The Bertz CT molecular complexity index is 481. The largest absolute Gasteiger partial charge is 0.506 e. The average molecular weight is 302 g/mol. The van der Waals surface area contributed by atoms with Gasteiger partial charge >= 0.3 is 0 Å². The normalized spacial score (nSPS) is 12.1. The molecule has 0 aliphatic rings. The minimum Gasteiger partial charge on any atom is -0.506 e. The minimum atomic E-state index is -0.954. The van der Waals surface area contributed by atoms with Crippen molar-refractivity contribution in [2.24, 2.45) is 0 Å². The van der Waals surface area contributed by atoms with Crippen molar-refractivity contribution in [1.29, 1.82) is 0 Å². The van der Waals surface area contributed by atoms with E-state index in [1.165, 1.54) is 0 Å². The van der Waals surface area contributed by atoms with Crippen LogP contribution in [0.1, 0.15) is 11.7 Å². The zero-order valence-corrected chi connectivity index (χ0v) is 11.2. The molecule has 5 N–H and O–H groups in total. The number of aliphatic hydroxyl groups is 3. The number of benzene rings is 1. The van der Waals surface area contributed by atoms with Crippen molar-refractivity contribution >= 4 is 11.4 Å². The fourth-order valence-corrected chi connectivity index (χ4v) is 1.80. The van der Waals surface area contributed by atoms with Gasteiger partial charge in [-0.3, -0.25) is 10.1 Å². The second-order valence-electron chi connectivity index (χ2n) is 4.10. The van der Waals surface area contributed by atoms with Gasteiger partial charge in [-0.2, -0.15) is 0 Å². The molecule has 1 unspecified atom stereocenters. The molecule has 0 aliphatic carbocycles. The summed E-state index contributed by atoms with van der Waals surface area (Å²) in [7, 11) is 0. The number of nitro benzene ring substituents is 1. The molecule has 0 bridgehead atoms. The van der Waals surface area contributed by atoms with E-state index in [4.69, 9.17) is 14.9 Å². The van der Waals surface area contributed by atoms with Crippen LogP contribution in [0.15, 0.2) is 12.1 Å². The van der Waals surface area contributed by atoms with Crippen molar-refractivity contribution in [3.05, 3.63) is 27.8 Å². The number of nitro groups is 1. The van der Waals surface area contributed by atoms with E-state index in [-0.39, 0.29) is 43.3 Å². The highest BCUT2D eigenvalue weighted by molar-refractivity contribution is 5.66. The van der Waals surface area contributed by atoms with Crippen molar-refractivity contribution < 1.29 is 30.1 Å². The highest BCUT2D eigenvalue weighted by Crippen LogP contribution is 2.37. The highest BCUT2D eigenvalue weighted by Gasteiger charge is 2.22. The molecule has 0 aromatic heterocycles. The Kier molecular flexibility index (Phi) is 6.82. The SMILES string of the molecule is O=[N+]([O-])c1cc(O)c(NCCO)c(C(CO)OCCO)c1. The molecular weight excluding hydrogens is 284 g/mol. The lowest BCUT2D eigenvalue weighted by Gasteiger charge is -2.20. The summed E-state index contributed by atoms with van der Waals surface area (Å²) in [6.45, 7) is -0.951. The summed E-state index contributed by atoms with van der Waals surface area (Å²) in [5.74, 6) is -0.390. The third-order valence-corrected chi connectivity index (χ3v) is 2.68. The van der Waals surface area contributed by atoms with Crippen LogP contribution < -0.4 is 5.32 Å². The number of nitrogens with zero attached hydrogens (tertiary/aromatic N) is 1. The highest BCUT2D eigenvalue weighted by atomic mass is 16.6. The van der Waals surface area contributed by atoms with E-state index in [0.717, 1.165) is 12.1 Å². The van der Waals surface area contributed by atoms with Gasteiger partial charge in [0.05, 0.1) is 43.1 Å². The fourth-order valence-electron chi connectivity index (χ4n) is 1.80. The molecule has 0 amide bonds. The molecule has 0 heterocycles. The Balaban J connectivity index is 3.23. The number of non-ortho nitro benzene ring substituents is 1. The standard InChI is InChI=1S/C12H18N2O7/c15-2-1-13-12-9(11(7-17)21-4-3-16)5-8(14(19)20)6-10(12)18/h5-6,11,13,15-18H,1-4,7H2. The Labute approximate surface area is 120 Å². The summed E-state index contributed by atoms with van der Waals surface area (Å²) in [6.07, 6.45) is -0.954. The van der Waals surface area contributed by atoms with E-state index < -0.39 is 23.4 Å².